The summed E-state index contributed by atoms with van der Waals surface area (Å²) in [5.74, 6) is -0.481. The first-order valence-corrected chi connectivity index (χ1v) is 9.10. The molecule has 6 heteroatoms. The molecular formula is C18H30O6. The fourth-order valence-electron chi connectivity index (χ4n) is 3.41. The van der Waals surface area contributed by atoms with Crippen LogP contribution in [0, 0.1) is 11.3 Å². The van der Waals surface area contributed by atoms with Crippen molar-refractivity contribution >= 4 is 5.97 Å². The molecule has 138 valence electrons. The third-order valence-electron chi connectivity index (χ3n) is 5.17. The number of hydrogen-bond acceptors (Lipinski definition) is 6. The van der Waals surface area contributed by atoms with Crippen molar-refractivity contribution in [3.8, 4) is 0 Å². The molecule has 3 fully saturated rings. The van der Waals surface area contributed by atoms with Crippen LogP contribution in [0.2, 0.25) is 0 Å². The maximum atomic E-state index is 12.5. The molecule has 6 nitrogen and oxygen atoms in total. The van der Waals surface area contributed by atoms with E-state index in [1.165, 1.54) is 19.3 Å². The Morgan fingerprint density at radius 1 is 0.958 bits per heavy atom. The lowest BCUT2D eigenvalue weighted by molar-refractivity contribution is -0.287. The quantitative estimate of drug-likeness (QED) is 0.735. The molecule has 2 aliphatic heterocycles. The average molecular weight is 342 g/mol. The molecule has 0 aromatic heterocycles. The highest BCUT2D eigenvalue weighted by molar-refractivity contribution is 5.77. The Hall–Kier alpha value is -0.690. The molecule has 0 aromatic carbocycles. The Bertz CT molecular complexity index is 425. The van der Waals surface area contributed by atoms with Gasteiger partial charge in [0.05, 0.1) is 26.4 Å². The Balaban J connectivity index is 1.44. The van der Waals surface area contributed by atoms with Crippen LogP contribution in [0.15, 0.2) is 0 Å². The van der Waals surface area contributed by atoms with Gasteiger partial charge in [0, 0.05) is 5.92 Å². The zero-order valence-electron chi connectivity index (χ0n) is 15.0. The molecule has 0 atom stereocenters. The maximum Gasteiger partial charge on any atom is 0.316 e. The summed E-state index contributed by atoms with van der Waals surface area (Å²) in [5.41, 5.74) is -0.782. The van der Waals surface area contributed by atoms with Crippen LogP contribution in [0.4, 0.5) is 0 Å². The zero-order valence-corrected chi connectivity index (χ0v) is 15.0. The largest absolute Gasteiger partial charge is 0.457 e. The summed E-state index contributed by atoms with van der Waals surface area (Å²) in [6, 6.07) is 0. The van der Waals surface area contributed by atoms with E-state index in [1.807, 2.05) is 13.8 Å². The molecule has 1 aliphatic carbocycles. The third kappa shape index (κ3) is 4.28. The number of esters is 1. The van der Waals surface area contributed by atoms with Gasteiger partial charge in [-0.25, -0.2) is 0 Å². The number of hydrogen-bond donors (Lipinski definition) is 0. The molecule has 0 unspecified atom stereocenters. The van der Waals surface area contributed by atoms with Crippen LogP contribution < -0.4 is 0 Å². The number of carbonyl (C=O) groups excluding carboxylic acids is 1. The van der Waals surface area contributed by atoms with Gasteiger partial charge in [-0.2, -0.15) is 0 Å². The van der Waals surface area contributed by atoms with Crippen LogP contribution in [-0.2, 0) is 28.5 Å². The van der Waals surface area contributed by atoms with Crippen molar-refractivity contribution in [2.24, 2.45) is 11.3 Å². The predicted molar refractivity (Wildman–Crippen MR) is 86.2 cm³/mol. The molecule has 0 spiro atoms. The standard InChI is InChI=1S/C18H30O6/c1-17(2)22-11-18(3,12-23-17)16(19)24-14-9-20-15(21-10-14)13-7-5-4-6-8-13/h13-15H,4-12H2,1-3H3. The van der Waals surface area contributed by atoms with E-state index in [1.54, 1.807) is 6.92 Å². The van der Waals surface area contributed by atoms with Crippen molar-refractivity contribution < 1.29 is 28.5 Å². The average Bonchev–Trinajstić information content (AvgIpc) is 2.59. The SMILES string of the molecule is CC1(C)OCC(C)(C(=O)OC2COC(C3CCCCC3)OC2)CO1. The van der Waals surface area contributed by atoms with Crippen molar-refractivity contribution in [3.05, 3.63) is 0 Å². The minimum absolute atomic E-state index is 0.141. The van der Waals surface area contributed by atoms with Gasteiger partial charge in [0.25, 0.3) is 0 Å². The first kappa shape index (κ1) is 18.1. The fraction of sp³-hybridized carbons (Fsp3) is 0.944. The second-order valence-electron chi connectivity index (χ2n) is 8.00. The summed E-state index contributed by atoms with van der Waals surface area (Å²) in [5, 5.41) is 0. The summed E-state index contributed by atoms with van der Waals surface area (Å²) in [7, 11) is 0. The van der Waals surface area contributed by atoms with Crippen molar-refractivity contribution in [3.63, 3.8) is 0 Å². The highest BCUT2D eigenvalue weighted by Crippen LogP contribution is 2.32. The molecule has 1 saturated carbocycles. The summed E-state index contributed by atoms with van der Waals surface area (Å²) in [6.07, 6.45) is 5.64. The van der Waals surface area contributed by atoms with Gasteiger partial charge < -0.3 is 23.7 Å². The van der Waals surface area contributed by atoms with Crippen molar-refractivity contribution in [2.45, 2.75) is 71.1 Å². The van der Waals surface area contributed by atoms with E-state index >= 15 is 0 Å². The van der Waals surface area contributed by atoms with Gasteiger partial charge in [0.1, 0.15) is 11.5 Å². The normalized spacial score (nSPS) is 33.8. The third-order valence-corrected chi connectivity index (χ3v) is 5.17. The van der Waals surface area contributed by atoms with Gasteiger partial charge in [0.15, 0.2) is 12.1 Å². The summed E-state index contributed by atoms with van der Waals surface area (Å²) in [4.78, 5) is 12.5. The van der Waals surface area contributed by atoms with Crippen LogP contribution in [-0.4, -0.2) is 50.6 Å². The molecule has 0 aromatic rings. The number of carbonyl (C=O) groups is 1. The van der Waals surface area contributed by atoms with Crippen molar-refractivity contribution in [1.29, 1.82) is 0 Å². The van der Waals surface area contributed by atoms with Crippen molar-refractivity contribution in [2.75, 3.05) is 26.4 Å². The van der Waals surface area contributed by atoms with E-state index in [0.29, 0.717) is 19.1 Å². The van der Waals surface area contributed by atoms with E-state index in [4.69, 9.17) is 23.7 Å². The Labute approximate surface area is 144 Å². The lowest BCUT2D eigenvalue weighted by Gasteiger charge is -2.41. The molecule has 0 amide bonds. The first-order chi connectivity index (χ1) is 11.4. The highest BCUT2D eigenvalue weighted by Gasteiger charge is 2.44. The molecular weight excluding hydrogens is 312 g/mol. The molecule has 0 N–H and O–H groups in total. The molecule has 2 heterocycles. The zero-order chi connectivity index (χ0) is 17.2. The molecule has 3 aliphatic rings. The van der Waals surface area contributed by atoms with Gasteiger partial charge in [-0.05, 0) is 33.6 Å². The molecule has 3 rings (SSSR count). The maximum absolute atomic E-state index is 12.5. The van der Waals surface area contributed by atoms with Crippen LogP contribution in [0.5, 0.6) is 0 Å². The Kier molecular flexibility index (Phi) is 5.49. The Morgan fingerprint density at radius 3 is 2.12 bits per heavy atom. The van der Waals surface area contributed by atoms with Gasteiger partial charge in [-0.3, -0.25) is 4.79 Å². The topological polar surface area (TPSA) is 63.2 Å². The monoisotopic (exact) mass is 342 g/mol. The fourth-order valence-corrected chi connectivity index (χ4v) is 3.41. The summed E-state index contributed by atoms with van der Waals surface area (Å²) < 4.78 is 28.4. The van der Waals surface area contributed by atoms with Crippen LogP contribution in [0.1, 0.15) is 52.9 Å². The molecule has 24 heavy (non-hydrogen) atoms. The van der Waals surface area contributed by atoms with Gasteiger partial charge in [0.2, 0.25) is 0 Å². The number of rotatable bonds is 3. The first-order valence-electron chi connectivity index (χ1n) is 9.10. The summed E-state index contributed by atoms with van der Waals surface area (Å²) >= 11 is 0. The van der Waals surface area contributed by atoms with E-state index in [0.717, 1.165) is 12.8 Å². The second kappa shape index (κ2) is 7.28. The second-order valence-corrected chi connectivity index (χ2v) is 8.00. The lowest BCUT2D eigenvalue weighted by Crippen LogP contribution is -2.51. The highest BCUT2D eigenvalue weighted by atomic mass is 16.7. The van der Waals surface area contributed by atoms with Crippen molar-refractivity contribution in [1.82, 2.24) is 0 Å². The minimum atomic E-state index is -0.782. The van der Waals surface area contributed by atoms with Gasteiger partial charge in [-0.15, -0.1) is 0 Å². The summed E-state index contributed by atoms with van der Waals surface area (Å²) in [6.45, 7) is 6.86. The molecule has 0 radical (unpaired) electrons. The molecule has 2 saturated heterocycles. The van der Waals surface area contributed by atoms with Crippen LogP contribution >= 0.6 is 0 Å². The lowest BCUT2D eigenvalue weighted by atomic mass is 9.88. The van der Waals surface area contributed by atoms with Gasteiger partial charge >= 0.3 is 5.97 Å². The van der Waals surface area contributed by atoms with E-state index < -0.39 is 11.2 Å². The Morgan fingerprint density at radius 2 is 1.54 bits per heavy atom. The number of ether oxygens (including phenoxy) is 5. The molecule has 0 bridgehead atoms. The predicted octanol–water partition coefficient (Wildman–Crippen LogP) is 2.64. The van der Waals surface area contributed by atoms with Gasteiger partial charge in [-0.1, -0.05) is 19.3 Å². The van der Waals surface area contributed by atoms with Crippen LogP contribution in [0.25, 0.3) is 0 Å². The smallest absolute Gasteiger partial charge is 0.316 e. The van der Waals surface area contributed by atoms with Crippen LogP contribution in [0.3, 0.4) is 0 Å². The minimum Gasteiger partial charge on any atom is -0.457 e. The van der Waals surface area contributed by atoms with E-state index in [-0.39, 0.29) is 31.6 Å². The van der Waals surface area contributed by atoms with E-state index in [2.05, 4.69) is 0 Å². The van der Waals surface area contributed by atoms with E-state index in [9.17, 15) is 4.79 Å².